The highest BCUT2D eigenvalue weighted by molar-refractivity contribution is 5.38. The molecule has 0 spiro atoms. The summed E-state index contributed by atoms with van der Waals surface area (Å²) in [5.41, 5.74) is 2.69. The first-order valence-corrected chi connectivity index (χ1v) is 9.51. The van der Waals surface area contributed by atoms with E-state index in [0.29, 0.717) is 5.92 Å². The maximum absolute atomic E-state index is 5.32. The number of nitrogens with zero attached hydrogens (tertiary/aromatic N) is 1. The van der Waals surface area contributed by atoms with Gasteiger partial charge in [0, 0.05) is 32.1 Å². The largest absolute Gasteiger partial charge is 0.497 e. The first-order valence-electron chi connectivity index (χ1n) is 9.51. The number of rotatable bonds is 8. The van der Waals surface area contributed by atoms with Gasteiger partial charge in [-0.3, -0.25) is 0 Å². The van der Waals surface area contributed by atoms with Crippen molar-refractivity contribution in [3.05, 3.63) is 59.7 Å². The van der Waals surface area contributed by atoms with Crippen molar-refractivity contribution >= 4 is 0 Å². The van der Waals surface area contributed by atoms with Crippen molar-refractivity contribution in [1.82, 2.24) is 10.2 Å². The molecule has 3 rings (SSSR count). The number of hydrogen-bond donors (Lipinski definition) is 1. The standard InChI is InChI=1S/C22H30N2O2/c1-25-20-9-5-18(6-10-20)22(19-7-11-21(26-2)12-8-19)4-3-15-24-16-13-23-14-17-24/h5-12,22-23H,3-4,13-17H2,1-2H3. The molecule has 2 aromatic rings. The molecule has 4 nitrogen and oxygen atoms in total. The van der Waals surface area contributed by atoms with Crippen molar-refractivity contribution in [2.75, 3.05) is 46.9 Å². The van der Waals surface area contributed by atoms with Gasteiger partial charge in [-0.25, -0.2) is 0 Å². The second-order valence-electron chi connectivity index (χ2n) is 6.83. The van der Waals surface area contributed by atoms with E-state index in [1.54, 1.807) is 14.2 Å². The van der Waals surface area contributed by atoms with Crippen molar-refractivity contribution < 1.29 is 9.47 Å². The lowest BCUT2D eigenvalue weighted by molar-refractivity contribution is 0.235. The average molecular weight is 354 g/mol. The van der Waals surface area contributed by atoms with Crippen LogP contribution in [0.25, 0.3) is 0 Å². The predicted molar refractivity (Wildman–Crippen MR) is 106 cm³/mol. The Kier molecular flexibility index (Phi) is 6.92. The number of ether oxygens (including phenoxy) is 2. The van der Waals surface area contributed by atoms with Gasteiger partial charge >= 0.3 is 0 Å². The van der Waals surface area contributed by atoms with Gasteiger partial charge in [0.05, 0.1) is 14.2 Å². The van der Waals surface area contributed by atoms with Crippen LogP contribution >= 0.6 is 0 Å². The van der Waals surface area contributed by atoms with E-state index in [9.17, 15) is 0 Å². The van der Waals surface area contributed by atoms with E-state index < -0.39 is 0 Å². The van der Waals surface area contributed by atoms with Crippen LogP contribution in [0.15, 0.2) is 48.5 Å². The van der Waals surface area contributed by atoms with Gasteiger partial charge in [0.15, 0.2) is 0 Å². The maximum Gasteiger partial charge on any atom is 0.118 e. The van der Waals surface area contributed by atoms with Crippen LogP contribution in [0.4, 0.5) is 0 Å². The highest BCUT2D eigenvalue weighted by Crippen LogP contribution is 2.31. The molecule has 0 saturated carbocycles. The first kappa shape index (κ1) is 18.7. The fraction of sp³-hybridized carbons (Fsp3) is 0.455. The van der Waals surface area contributed by atoms with Crippen LogP contribution in [0.2, 0.25) is 0 Å². The molecule has 1 aliphatic heterocycles. The molecule has 0 atom stereocenters. The number of methoxy groups -OCH3 is 2. The Bertz CT molecular complexity index is 601. The summed E-state index contributed by atoms with van der Waals surface area (Å²) >= 11 is 0. The molecule has 1 aliphatic rings. The van der Waals surface area contributed by atoms with E-state index in [0.717, 1.165) is 44.1 Å². The van der Waals surface area contributed by atoms with Gasteiger partial charge in [-0.2, -0.15) is 0 Å². The number of nitrogens with one attached hydrogen (secondary N) is 1. The van der Waals surface area contributed by atoms with Gasteiger partial charge in [-0.1, -0.05) is 24.3 Å². The Balaban J connectivity index is 1.71. The van der Waals surface area contributed by atoms with Crippen molar-refractivity contribution in [3.8, 4) is 11.5 Å². The first-order chi connectivity index (χ1) is 12.8. The number of benzene rings is 2. The van der Waals surface area contributed by atoms with Crippen molar-refractivity contribution in [1.29, 1.82) is 0 Å². The third kappa shape index (κ3) is 4.99. The van der Waals surface area contributed by atoms with Crippen LogP contribution in [0.1, 0.15) is 29.9 Å². The minimum absolute atomic E-state index is 0.398. The SMILES string of the molecule is COc1ccc(C(CCCN2CCNCC2)c2ccc(OC)cc2)cc1. The Labute approximate surface area is 157 Å². The molecule has 0 radical (unpaired) electrons. The smallest absolute Gasteiger partial charge is 0.118 e. The molecule has 1 fully saturated rings. The van der Waals surface area contributed by atoms with Crippen LogP contribution in [-0.4, -0.2) is 51.8 Å². The second kappa shape index (κ2) is 9.60. The second-order valence-corrected chi connectivity index (χ2v) is 6.83. The zero-order chi connectivity index (χ0) is 18.2. The molecule has 0 aliphatic carbocycles. The summed E-state index contributed by atoms with van der Waals surface area (Å²) in [7, 11) is 3.42. The zero-order valence-corrected chi connectivity index (χ0v) is 15.9. The molecule has 0 bridgehead atoms. The van der Waals surface area contributed by atoms with Gasteiger partial charge in [0.1, 0.15) is 11.5 Å². The predicted octanol–water partition coefficient (Wildman–Crippen LogP) is 3.52. The van der Waals surface area contributed by atoms with Gasteiger partial charge < -0.3 is 19.7 Å². The molecule has 2 aromatic carbocycles. The highest BCUT2D eigenvalue weighted by Gasteiger charge is 2.16. The van der Waals surface area contributed by atoms with Crippen LogP contribution < -0.4 is 14.8 Å². The van der Waals surface area contributed by atoms with Crippen molar-refractivity contribution in [3.63, 3.8) is 0 Å². The summed E-state index contributed by atoms with van der Waals surface area (Å²) in [6, 6.07) is 17.0. The van der Waals surface area contributed by atoms with Crippen LogP contribution in [0.3, 0.4) is 0 Å². The van der Waals surface area contributed by atoms with Crippen LogP contribution in [0, 0.1) is 0 Å². The average Bonchev–Trinajstić information content (AvgIpc) is 2.72. The fourth-order valence-corrected chi connectivity index (χ4v) is 3.65. The van der Waals surface area contributed by atoms with E-state index >= 15 is 0 Å². The minimum atomic E-state index is 0.398. The van der Waals surface area contributed by atoms with Crippen molar-refractivity contribution in [2.24, 2.45) is 0 Å². The van der Waals surface area contributed by atoms with Crippen LogP contribution in [0.5, 0.6) is 11.5 Å². The number of piperazine rings is 1. The summed E-state index contributed by atoms with van der Waals surface area (Å²) < 4.78 is 10.6. The summed E-state index contributed by atoms with van der Waals surface area (Å²) in [5.74, 6) is 2.21. The number of hydrogen-bond acceptors (Lipinski definition) is 4. The lowest BCUT2D eigenvalue weighted by Crippen LogP contribution is -2.43. The third-order valence-electron chi connectivity index (χ3n) is 5.21. The Morgan fingerprint density at radius 3 is 1.81 bits per heavy atom. The highest BCUT2D eigenvalue weighted by atomic mass is 16.5. The van der Waals surface area contributed by atoms with E-state index in [2.05, 4.69) is 58.7 Å². The molecular weight excluding hydrogens is 324 g/mol. The minimum Gasteiger partial charge on any atom is -0.497 e. The molecule has 1 N–H and O–H groups in total. The van der Waals surface area contributed by atoms with E-state index in [1.165, 1.54) is 24.1 Å². The maximum atomic E-state index is 5.32. The van der Waals surface area contributed by atoms with Crippen molar-refractivity contribution in [2.45, 2.75) is 18.8 Å². The Morgan fingerprint density at radius 1 is 0.846 bits per heavy atom. The van der Waals surface area contributed by atoms with Crippen LogP contribution in [-0.2, 0) is 0 Å². The topological polar surface area (TPSA) is 33.7 Å². The molecular formula is C22H30N2O2. The van der Waals surface area contributed by atoms with E-state index in [4.69, 9.17) is 9.47 Å². The fourth-order valence-electron chi connectivity index (χ4n) is 3.65. The molecule has 0 amide bonds. The molecule has 140 valence electrons. The molecule has 4 heteroatoms. The van der Waals surface area contributed by atoms with Gasteiger partial charge in [0.25, 0.3) is 0 Å². The summed E-state index contributed by atoms with van der Waals surface area (Å²) in [4.78, 5) is 2.57. The lowest BCUT2D eigenvalue weighted by Gasteiger charge is -2.28. The summed E-state index contributed by atoms with van der Waals surface area (Å²) in [5, 5.41) is 3.42. The van der Waals surface area contributed by atoms with Gasteiger partial charge in [-0.05, 0) is 54.8 Å². The molecule has 26 heavy (non-hydrogen) atoms. The monoisotopic (exact) mass is 354 g/mol. The Hall–Kier alpha value is -2.04. The third-order valence-corrected chi connectivity index (χ3v) is 5.21. The zero-order valence-electron chi connectivity index (χ0n) is 15.9. The summed E-state index contributed by atoms with van der Waals surface area (Å²) in [6.45, 7) is 5.72. The Morgan fingerprint density at radius 2 is 1.35 bits per heavy atom. The normalized spacial score (nSPS) is 15.2. The molecule has 1 saturated heterocycles. The van der Waals surface area contributed by atoms with E-state index in [1.807, 2.05) is 0 Å². The van der Waals surface area contributed by atoms with Gasteiger partial charge in [-0.15, -0.1) is 0 Å². The molecule has 1 heterocycles. The quantitative estimate of drug-likeness (QED) is 0.786. The van der Waals surface area contributed by atoms with E-state index in [-0.39, 0.29) is 0 Å². The lowest BCUT2D eigenvalue weighted by atomic mass is 9.87. The van der Waals surface area contributed by atoms with Gasteiger partial charge in [0.2, 0.25) is 0 Å². The molecule has 0 unspecified atom stereocenters. The summed E-state index contributed by atoms with van der Waals surface area (Å²) in [6.07, 6.45) is 2.34. The molecule has 0 aromatic heterocycles.